The number of para-hydroxylation sites is 1. The summed E-state index contributed by atoms with van der Waals surface area (Å²) in [5.74, 6) is 1.95. The average molecular weight is 453 g/mol. The monoisotopic (exact) mass is 452 g/mol. The van der Waals surface area contributed by atoms with Gasteiger partial charge in [0.05, 0.1) is 19.3 Å². The highest BCUT2D eigenvalue weighted by molar-refractivity contribution is 7.09. The maximum atomic E-state index is 13.3. The van der Waals surface area contributed by atoms with Crippen molar-refractivity contribution in [2.75, 3.05) is 7.11 Å². The van der Waals surface area contributed by atoms with Gasteiger partial charge < -0.3 is 14.4 Å². The summed E-state index contributed by atoms with van der Waals surface area (Å²) < 4.78 is 11.4. The van der Waals surface area contributed by atoms with Crippen LogP contribution < -0.4 is 9.47 Å². The van der Waals surface area contributed by atoms with Crippen LogP contribution >= 0.6 is 11.3 Å². The van der Waals surface area contributed by atoms with E-state index >= 15 is 0 Å². The first-order valence-corrected chi connectivity index (χ1v) is 11.9. The predicted molar refractivity (Wildman–Crippen MR) is 130 cm³/mol. The van der Waals surface area contributed by atoms with Gasteiger partial charge in [-0.1, -0.05) is 45.0 Å². The molecule has 0 aliphatic carbocycles. The SMILES string of the molecule is CC[C@H](C)N(Cc1csc(COc2ccccc2C(C)C)n1)C(=O)c1cccc(OC)c1. The van der Waals surface area contributed by atoms with E-state index in [1.807, 2.05) is 46.7 Å². The highest BCUT2D eigenvalue weighted by Crippen LogP contribution is 2.27. The first-order valence-electron chi connectivity index (χ1n) is 11.0. The summed E-state index contributed by atoms with van der Waals surface area (Å²) in [6, 6.07) is 15.5. The molecule has 0 saturated heterocycles. The first kappa shape index (κ1) is 23.8. The number of nitrogens with zero attached hydrogens (tertiary/aromatic N) is 2. The lowest BCUT2D eigenvalue weighted by Crippen LogP contribution is -2.37. The zero-order valence-corrected chi connectivity index (χ0v) is 20.3. The number of methoxy groups -OCH3 is 1. The Morgan fingerprint density at radius 1 is 1.12 bits per heavy atom. The Labute approximate surface area is 195 Å². The van der Waals surface area contributed by atoms with Gasteiger partial charge in [-0.25, -0.2) is 4.98 Å². The summed E-state index contributed by atoms with van der Waals surface area (Å²) in [6.07, 6.45) is 0.863. The lowest BCUT2D eigenvalue weighted by atomic mass is 10.0. The number of amides is 1. The zero-order chi connectivity index (χ0) is 23.1. The van der Waals surface area contributed by atoms with Crippen LogP contribution in [0.3, 0.4) is 0 Å². The number of hydrogen-bond donors (Lipinski definition) is 0. The van der Waals surface area contributed by atoms with Crippen LogP contribution in [0.15, 0.2) is 53.9 Å². The summed E-state index contributed by atoms with van der Waals surface area (Å²) in [5, 5.41) is 2.91. The number of carbonyl (C=O) groups excluding carboxylic acids is 1. The fourth-order valence-corrected chi connectivity index (χ4v) is 4.16. The van der Waals surface area contributed by atoms with Crippen molar-refractivity contribution >= 4 is 17.2 Å². The molecule has 2 aromatic carbocycles. The van der Waals surface area contributed by atoms with Crippen LogP contribution in [0.2, 0.25) is 0 Å². The minimum Gasteiger partial charge on any atom is -0.497 e. The van der Waals surface area contributed by atoms with E-state index in [1.54, 1.807) is 24.5 Å². The van der Waals surface area contributed by atoms with Gasteiger partial charge in [-0.2, -0.15) is 0 Å². The molecule has 1 heterocycles. The summed E-state index contributed by atoms with van der Waals surface area (Å²) in [4.78, 5) is 19.9. The maximum Gasteiger partial charge on any atom is 0.254 e. The molecule has 1 aromatic heterocycles. The number of hydrogen-bond acceptors (Lipinski definition) is 5. The molecule has 32 heavy (non-hydrogen) atoms. The first-order chi connectivity index (χ1) is 15.4. The minimum absolute atomic E-state index is 0.0186. The molecule has 0 radical (unpaired) electrons. The maximum absolute atomic E-state index is 13.3. The second-order valence-corrected chi connectivity index (χ2v) is 9.08. The Kier molecular flexibility index (Phi) is 8.28. The molecular weight excluding hydrogens is 420 g/mol. The molecule has 3 rings (SSSR count). The molecule has 1 amide bonds. The number of ether oxygens (including phenoxy) is 2. The summed E-state index contributed by atoms with van der Waals surface area (Å²) >= 11 is 1.56. The van der Waals surface area contributed by atoms with Crippen LogP contribution in [0.25, 0.3) is 0 Å². The fraction of sp³-hybridized carbons (Fsp3) is 0.385. The van der Waals surface area contributed by atoms with E-state index in [9.17, 15) is 4.79 Å². The molecule has 0 aliphatic heterocycles. The van der Waals surface area contributed by atoms with E-state index in [2.05, 4.69) is 33.8 Å². The summed E-state index contributed by atoms with van der Waals surface area (Å²) in [7, 11) is 1.61. The molecule has 1 atom stereocenters. The second kappa shape index (κ2) is 11.1. The van der Waals surface area contributed by atoms with Gasteiger partial charge in [0, 0.05) is 17.0 Å². The highest BCUT2D eigenvalue weighted by atomic mass is 32.1. The van der Waals surface area contributed by atoms with Gasteiger partial charge in [-0.05, 0) is 49.1 Å². The molecule has 5 nitrogen and oxygen atoms in total. The van der Waals surface area contributed by atoms with Gasteiger partial charge in [0.2, 0.25) is 0 Å². The molecule has 0 spiro atoms. The van der Waals surface area contributed by atoms with E-state index in [0.29, 0.717) is 30.4 Å². The lowest BCUT2D eigenvalue weighted by molar-refractivity contribution is 0.0668. The number of benzene rings is 2. The van der Waals surface area contributed by atoms with Crippen molar-refractivity contribution in [3.63, 3.8) is 0 Å². The zero-order valence-electron chi connectivity index (χ0n) is 19.5. The van der Waals surface area contributed by atoms with E-state index < -0.39 is 0 Å². The minimum atomic E-state index is -0.0186. The Morgan fingerprint density at radius 3 is 2.62 bits per heavy atom. The number of thiazole rings is 1. The van der Waals surface area contributed by atoms with Crippen molar-refractivity contribution in [1.29, 1.82) is 0 Å². The Morgan fingerprint density at radius 2 is 1.91 bits per heavy atom. The standard InChI is InChI=1S/C26H32N2O3S/c1-6-19(4)28(26(29)20-10-9-11-22(14-20)30-5)15-21-17-32-25(27-21)16-31-24-13-8-7-12-23(24)18(2)3/h7-14,17-19H,6,15-16H2,1-5H3/t19-/m0/s1. The van der Waals surface area contributed by atoms with Crippen LogP contribution in [-0.4, -0.2) is 28.9 Å². The summed E-state index contributed by atoms with van der Waals surface area (Å²) in [6.45, 7) is 9.35. The van der Waals surface area contributed by atoms with Gasteiger partial charge in [0.1, 0.15) is 23.1 Å². The van der Waals surface area contributed by atoms with Gasteiger partial charge in [0.25, 0.3) is 5.91 Å². The van der Waals surface area contributed by atoms with E-state index in [-0.39, 0.29) is 11.9 Å². The Bertz CT molecular complexity index is 1030. The number of aromatic nitrogens is 1. The molecule has 0 bridgehead atoms. The molecule has 0 aliphatic rings. The van der Waals surface area contributed by atoms with Crippen molar-refractivity contribution in [1.82, 2.24) is 9.88 Å². The number of rotatable bonds is 10. The van der Waals surface area contributed by atoms with Crippen molar-refractivity contribution in [2.24, 2.45) is 0 Å². The van der Waals surface area contributed by atoms with Crippen LogP contribution in [0, 0.1) is 0 Å². The third kappa shape index (κ3) is 5.88. The number of carbonyl (C=O) groups is 1. The normalized spacial score (nSPS) is 11.9. The third-order valence-corrected chi connectivity index (χ3v) is 6.40. The topological polar surface area (TPSA) is 51.7 Å². The fourth-order valence-electron chi connectivity index (χ4n) is 3.46. The van der Waals surface area contributed by atoms with Crippen molar-refractivity contribution in [3.05, 3.63) is 75.7 Å². The van der Waals surface area contributed by atoms with E-state index in [1.165, 1.54) is 5.56 Å². The average Bonchev–Trinajstić information content (AvgIpc) is 3.27. The molecule has 0 saturated carbocycles. The van der Waals surface area contributed by atoms with Gasteiger partial charge in [0.15, 0.2) is 0 Å². The van der Waals surface area contributed by atoms with Crippen LogP contribution in [0.1, 0.15) is 66.7 Å². The Hall–Kier alpha value is -2.86. The van der Waals surface area contributed by atoms with Crippen molar-refractivity contribution < 1.29 is 14.3 Å². The second-order valence-electron chi connectivity index (χ2n) is 8.14. The quantitative estimate of drug-likeness (QED) is 0.362. The highest BCUT2D eigenvalue weighted by Gasteiger charge is 2.22. The molecular formula is C26H32N2O3S. The molecule has 0 N–H and O–H groups in total. The molecule has 0 unspecified atom stereocenters. The van der Waals surface area contributed by atoms with Crippen LogP contribution in [0.4, 0.5) is 0 Å². The van der Waals surface area contributed by atoms with Crippen LogP contribution in [-0.2, 0) is 13.2 Å². The lowest BCUT2D eigenvalue weighted by Gasteiger charge is -2.28. The van der Waals surface area contributed by atoms with Gasteiger partial charge in [-0.15, -0.1) is 11.3 Å². The van der Waals surface area contributed by atoms with Gasteiger partial charge in [-0.3, -0.25) is 4.79 Å². The van der Waals surface area contributed by atoms with Crippen molar-refractivity contribution in [3.8, 4) is 11.5 Å². The molecule has 170 valence electrons. The van der Waals surface area contributed by atoms with Gasteiger partial charge >= 0.3 is 0 Å². The Balaban J connectivity index is 1.71. The van der Waals surface area contributed by atoms with E-state index in [0.717, 1.165) is 22.9 Å². The largest absolute Gasteiger partial charge is 0.497 e. The molecule has 6 heteroatoms. The third-order valence-electron chi connectivity index (χ3n) is 5.52. The smallest absolute Gasteiger partial charge is 0.254 e. The van der Waals surface area contributed by atoms with Crippen LogP contribution in [0.5, 0.6) is 11.5 Å². The molecule has 3 aromatic rings. The summed E-state index contributed by atoms with van der Waals surface area (Å²) in [5.41, 5.74) is 2.69. The van der Waals surface area contributed by atoms with Crippen molar-refractivity contribution in [2.45, 2.75) is 59.2 Å². The van der Waals surface area contributed by atoms with E-state index in [4.69, 9.17) is 14.5 Å². The molecule has 0 fully saturated rings. The predicted octanol–water partition coefficient (Wildman–Crippen LogP) is 6.30.